The van der Waals surface area contributed by atoms with Crippen LogP contribution in [0.15, 0.2) is 22.7 Å². The van der Waals surface area contributed by atoms with Gasteiger partial charge in [-0.2, -0.15) is 0 Å². The van der Waals surface area contributed by atoms with Crippen LogP contribution in [0.4, 0.5) is 0 Å². The molecule has 0 bridgehead atoms. The zero-order valence-electron chi connectivity index (χ0n) is 10.4. The lowest BCUT2D eigenvalue weighted by Crippen LogP contribution is -1.93. The second-order valence-corrected chi connectivity index (χ2v) is 4.33. The summed E-state index contributed by atoms with van der Waals surface area (Å²) in [6, 6.07) is 6.65. The van der Waals surface area contributed by atoms with Crippen molar-refractivity contribution in [2.24, 2.45) is 0 Å². The lowest BCUT2D eigenvalue weighted by atomic mass is 10.00. The summed E-state index contributed by atoms with van der Waals surface area (Å²) in [4.78, 5) is 0. The summed E-state index contributed by atoms with van der Waals surface area (Å²) in [7, 11) is 0. The number of benzene rings is 1. The average Bonchev–Trinajstić information content (AvgIpc) is 2.26. The van der Waals surface area contributed by atoms with Crippen molar-refractivity contribution in [2.45, 2.75) is 53.4 Å². The Morgan fingerprint density at radius 1 is 0.933 bits per heavy atom. The quantitative estimate of drug-likeness (QED) is 0.689. The monoisotopic (exact) mass is 270 g/mol. The van der Waals surface area contributed by atoms with Gasteiger partial charge in [0.25, 0.3) is 0 Å². The smallest absolute Gasteiger partial charge is 0.0178 e. The number of hydrogen-bond donors (Lipinski definition) is 0. The van der Waals surface area contributed by atoms with Crippen molar-refractivity contribution in [1.82, 2.24) is 0 Å². The Hall–Kier alpha value is -0.300. The molecule has 0 saturated carbocycles. The van der Waals surface area contributed by atoms with Crippen LogP contribution in [0.2, 0.25) is 0 Å². The first-order valence-corrected chi connectivity index (χ1v) is 6.84. The van der Waals surface area contributed by atoms with E-state index in [1.165, 1.54) is 41.3 Å². The number of halogens is 1. The Morgan fingerprint density at radius 3 is 2.00 bits per heavy atom. The minimum Gasteiger partial charge on any atom is -0.0683 e. The molecule has 0 radical (unpaired) electrons. The molecule has 0 nitrogen and oxygen atoms in total. The molecule has 0 aliphatic rings. The van der Waals surface area contributed by atoms with Crippen molar-refractivity contribution in [1.29, 1.82) is 0 Å². The van der Waals surface area contributed by atoms with E-state index in [1.54, 1.807) is 0 Å². The average molecular weight is 271 g/mol. The SMILES string of the molecule is CC.CCCc1ccc(Br)cc1CCC. The van der Waals surface area contributed by atoms with Crippen molar-refractivity contribution in [3.63, 3.8) is 0 Å². The van der Waals surface area contributed by atoms with Gasteiger partial charge in [0.15, 0.2) is 0 Å². The molecule has 1 rings (SSSR count). The first-order valence-electron chi connectivity index (χ1n) is 6.05. The first kappa shape index (κ1) is 14.7. The summed E-state index contributed by atoms with van der Waals surface area (Å²) >= 11 is 3.52. The molecule has 0 amide bonds. The van der Waals surface area contributed by atoms with E-state index in [9.17, 15) is 0 Å². The molecule has 0 N–H and O–H groups in total. The second-order valence-electron chi connectivity index (χ2n) is 3.41. The van der Waals surface area contributed by atoms with Crippen molar-refractivity contribution >= 4 is 15.9 Å². The van der Waals surface area contributed by atoms with Gasteiger partial charge in [-0.1, -0.05) is 62.5 Å². The normalized spacial score (nSPS) is 9.40. The van der Waals surface area contributed by atoms with Crippen molar-refractivity contribution in [3.05, 3.63) is 33.8 Å². The van der Waals surface area contributed by atoms with Gasteiger partial charge < -0.3 is 0 Å². The number of rotatable bonds is 4. The van der Waals surface area contributed by atoms with Gasteiger partial charge in [0.05, 0.1) is 0 Å². The summed E-state index contributed by atoms with van der Waals surface area (Å²) in [5.74, 6) is 0. The van der Waals surface area contributed by atoms with Gasteiger partial charge in [-0.3, -0.25) is 0 Å². The maximum Gasteiger partial charge on any atom is 0.0178 e. The van der Waals surface area contributed by atoms with Gasteiger partial charge >= 0.3 is 0 Å². The Morgan fingerprint density at radius 2 is 1.47 bits per heavy atom. The number of aryl methyl sites for hydroxylation is 2. The van der Waals surface area contributed by atoms with Gasteiger partial charge in [0, 0.05) is 4.47 Å². The van der Waals surface area contributed by atoms with Crippen LogP contribution in [0, 0.1) is 0 Å². The molecule has 0 aromatic heterocycles. The minimum absolute atomic E-state index is 1.20. The van der Waals surface area contributed by atoms with Crippen LogP contribution >= 0.6 is 15.9 Å². The van der Waals surface area contributed by atoms with E-state index < -0.39 is 0 Å². The largest absolute Gasteiger partial charge is 0.0683 e. The Kier molecular flexibility index (Phi) is 8.79. The molecule has 1 heteroatoms. The highest BCUT2D eigenvalue weighted by molar-refractivity contribution is 9.10. The Bertz CT molecular complexity index is 266. The molecule has 0 unspecified atom stereocenters. The summed E-state index contributed by atoms with van der Waals surface area (Å²) in [5, 5.41) is 0. The lowest BCUT2D eigenvalue weighted by molar-refractivity contribution is 0.860. The van der Waals surface area contributed by atoms with Crippen LogP contribution in [0.1, 0.15) is 51.7 Å². The van der Waals surface area contributed by atoms with Crippen LogP contribution in [0.3, 0.4) is 0 Å². The molecule has 0 aliphatic heterocycles. The van der Waals surface area contributed by atoms with Gasteiger partial charge in [-0.25, -0.2) is 0 Å². The summed E-state index contributed by atoms with van der Waals surface area (Å²) < 4.78 is 1.20. The fourth-order valence-electron chi connectivity index (χ4n) is 1.61. The topological polar surface area (TPSA) is 0 Å². The molecule has 0 heterocycles. The van der Waals surface area contributed by atoms with E-state index in [0.29, 0.717) is 0 Å². The fraction of sp³-hybridized carbons (Fsp3) is 0.571. The molecule has 1 aromatic carbocycles. The molecule has 86 valence electrons. The van der Waals surface area contributed by atoms with E-state index in [1.807, 2.05) is 13.8 Å². The van der Waals surface area contributed by atoms with E-state index in [-0.39, 0.29) is 0 Å². The van der Waals surface area contributed by atoms with Crippen molar-refractivity contribution < 1.29 is 0 Å². The maximum absolute atomic E-state index is 3.52. The third-order valence-corrected chi connectivity index (χ3v) is 2.70. The van der Waals surface area contributed by atoms with Crippen LogP contribution in [-0.2, 0) is 12.8 Å². The molecule has 0 saturated heterocycles. The van der Waals surface area contributed by atoms with Gasteiger partial charge in [-0.15, -0.1) is 0 Å². The van der Waals surface area contributed by atoms with E-state index >= 15 is 0 Å². The first-order chi connectivity index (χ1) is 7.27. The summed E-state index contributed by atoms with van der Waals surface area (Å²) in [6.45, 7) is 8.47. The van der Waals surface area contributed by atoms with Gasteiger partial charge in [0.1, 0.15) is 0 Å². The summed E-state index contributed by atoms with van der Waals surface area (Å²) in [5.41, 5.74) is 3.03. The van der Waals surface area contributed by atoms with Gasteiger partial charge in [0.2, 0.25) is 0 Å². The fourth-order valence-corrected chi connectivity index (χ4v) is 2.02. The van der Waals surface area contributed by atoms with Crippen LogP contribution in [0.25, 0.3) is 0 Å². The molecular formula is C14H23Br. The molecule has 0 aliphatic carbocycles. The molecule has 0 spiro atoms. The Balaban J connectivity index is 0.000000921. The molecular weight excluding hydrogens is 248 g/mol. The highest BCUT2D eigenvalue weighted by Crippen LogP contribution is 2.19. The summed E-state index contributed by atoms with van der Waals surface area (Å²) in [6.07, 6.45) is 4.88. The zero-order valence-corrected chi connectivity index (χ0v) is 12.0. The minimum atomic E-state index is 1.20. The zero-order chi connectivity index (χ0) is 11.7. The van der Waals surface area contributed by atoms with Gasteiger partial charge in [-0.05, 0) is 36.1 Å². The molecule has 15 heavy (non-hydrogen) atoms. The molecule has 0 fully saturated rings. The lowest BCUT2D eigenvalue weighted by Gasteiger charge is -2.07. The predicted molar refractivity (Wildman–Crippen MR) is 73.5 cm³/mol. The van der Waals surface area contributed by atoms with Crippen molar-refractivity contribution in [2.75, 3.05) is 0 Å². The highest BCUT2D eigenvalue weighted by Gasteiger charge is 2.01. The molecule has 1 aromatic rings. The van der Waals surface area contributed by atoms with E-state index in [2.05, 4.69) is 48.0 Å². The molecule has 0 atom stereocenters. The van der Waals surface area contributed by atoms with Crippen LogP contribution in [-0.4, -0.2) is 0 Å². The van der Waals surface area contributed by atoms with Crippen molar-refractivity contribution in [3.8, 4) is 0 Å². The highest BCUT2D eigenvalue weighted by atomic mass is 79.9. The third-order valence-electron chi connectivity index (χ3n) is 2.21. The third kappa shape index (κ3) is 5.36. The number of hydrogen-bond acceptors (Lipinski definition) is 0. The van der Waals surface area contributed by atoms with Crippen LogP contribution in [0.5, 0.6) is 0 Å². The maximum atomic E-state index is 3.52. The van der Waals surface area contributed by atoms with E-state index in [0.717, 1.165) is 0 Å². The van der Waals surface area contributed by atoms with E-state index in [4.69, 9.17) is 0 Å². The second kappa shape index (κ2) is 8.96. The predicted octanol–water partition coefficient (Wildman–Crippen LogP) is 5.38. The Labute approximate surface area is 103 Å². The van der Waals surface area contributed by atoms with Crippen LogP contribution < -0.4 is 0 Å². The standard InChI is InChI=1S/C12H17Br.C2H6/c1-3-5-10-7-8-12(13)9-11(10)6-4-2;1-2/h7-9H,3-6H2,1-2H3;1-2H3.